The summed E-state index contributed by atoms with van der Waals surface area (Å²) in [6.45, 7) is 7.19. The fourth-order valence-electron chi connectivity index (χ4n) is 6.15. The van der Waals surface area contributed by atoms with Gasteiger partial charge >= 0.3 is 0 Å². The number of benzene rings is 2. The molecule has 0 spiro atoms. The zero-order valence-corrected chi connectivity index (χ0v) is 18.9. The van der Waals surface area contributed by atoms with E-state index in [0.29, 0.717) is 11.8 Å². The molecule has 30 heavy (non-hydrogen) atoms. The molecule has 0 aromatic heterocycles. The number of hydrogen-bond acceptors (Lipinski definition) is 3. The van der Waals surface area contributed by atoms with E-state index in [1.54, 1.807) is 0 Å². The molecule has 1 aliphatic heterocycles. The minimum atomic E-state index is 0.166. The summed E-state index contributed by atoms with van der Waals surface area (Å²) in [5.41, 5.74) is 4.80. The van der Waals surface area contributed by atoms with Gasteiger partial charge in [0, 0.05) is 33.5 Å². The first-order valence-corrected chi connectivity index (χ1v) is 11.9. The molecule has 1 heterocycles. The second-order valence-electron chi connectivity index (χ2n) is 9.03. The van der Waals surface area contributed by atoms with Crippen molar-refractivity contribution in [2.24, 2.45) is 17.8 Å². The van der Waals surface area contributed by atoms with E-state index in [2.05, 4.69) is 47.7 Å². The van der Waals surface area contributed by atoms with Crippen LogP contribution in [0.25, 0.3) is 0 Å². The molecule has 2 bridgehead atoms. The van der Waals surface area contributed by atoms with E-state index in [1.165, 1.54) is 30.5 Å². The second-order valence-corrected chi connectivity index (χ2v) is 9.84. The van der Waals surface area contributed by atoms with Crippen molar-refractivity contribution >= 4 is 34.6 Å². The van der Waals surface area contributed by atoms with Gasteiger partial charge in [-0.1, -0.05) is 42.8 Å². The molecule has 3 N–H and O–H groups in total. The Morgan fingerprint density at radius 3 is 2.67 bits per heavy atom. The van der Waals surface area contributed by atoms with Gasteiger partial charge in [0.25, 0.3) is 0 Å². The van der Waals surface area contributed by atoms with Crippen LogP contribution in [0, 0.1) is 17.8 Å². The van der Waals surface area contributed by atoms with Crippen molar-refractivity contribution < 1.29 is 0 Å². The molecular weight excluding hydrogens is 413 g/mol. The average Bonchev–Trinajstić information content (AvgIpc) is 3.35. The van der Waals surface area contributed by atoms with Crippen LogP contribution >= 0.6 is 23.2 Å². The molecule has 2 saturated carbocycles. The molecule has 0 radical (unpaired) electrons. The molecule has 5 heteroatoms. The lowest BCUT2D eigenvalue weighted by Crippen LogP contribution is -2.35. The molecule has 2 aliphatic carbocycles. The summed E-state index contributed by atoms with van der Waals surface area (Å²) in [4.78, 5) is 0. The molecular formula is C25H29Cl2N3. The van der Waals surface area contributed by atoms with Crippen LogP contribution in [0.1, 0.15) is 55.7 Å². The van der Waals surface area contributed by atoms with E-state index >= 15 is 0 Å². The number of halogens is 2. The van der Waals surface area contributed by atoms with Crippen LogP contribution in [0.5, 0.6) is 0 Å². The molecule has 0 amide bonds. The topological polar surface area (TPSA) is 36.1 Å². The fourth-order valence-corrected chi connectivity index (χ4v) is 6.79. The molecule has 2 aromatic rings. The number of rotatable bonds is 6. The number of anilines is 2. The third-order valence-corrected chi connectivity index (χ3v) is 7.94. The highest BCUT2D eigenvalue weighted by Crippen LogP contribution is 2.64. The van der Waals surface area contributed by atoms with Crippen molar-refractivity contribution in [1.29, 1.82) is 0 Å². The van der Waals surface area contributed by atoms with Crippen molar-refractivity contribution in [3.8, 4) is 0 Å². The van der Waals surface area contributed by atoms with Gasteiger partial charge in [-0.25, -0.2) is 0 Å². The first-order valence-electron chi connectivity index (χ1n) is 11.1. The van der Waals surface area contributed by atoms with Crippen LogP contribution in [0.15, 0.2) is 48.8 Å². The maximum absolute atomic E-state index is 6.66. The highest BCUT2D eigenvalue weighted by Gasteiger charge is 2.54. The van der Waals surface area contributed by atoms with Gasteiger partial charge in [-0.2, -0.15) is 0 Å². The van der Waals surface area contributed by atoms with Gasteiger partial charge < -0.3 is 16.0 Å². The molecule has 2 fully saturated rings. The zero-order chi connectivity index (χ0) is 20.8. The predicted octanol–water partition coefficient (Wildman–Crippen LogP) is 7.17. The third-order valence-electron chi connectivity index (χ3n) is 7.28. The summed E-state index contributed by atoms with van der Waals surface area (Å²) in [5, 5.41) is 12.1. The fraction of sp³-hybridized carbons (Fsp3) is 0.440. The van der Waals surface area contributed by atoms with Crippen LogP contribution in [-0.2, 0) is 0 Å². The zero-order valence-electron chi connectivity index (χ0n) is 17.3. The summed E-state index contributed by atoms with van der Waals surface area (Å²) in [6, 6.07) is 12.7. The Morgan fingerprint density at radius 1 is 1.13 bits per heavy atom. The monoisotopic (exact) mass is 441 g/mol. The lowest BCUT2D eigenvalue weighted by molar-refractivity contribution is 0.248. The summed E-state index contributed by atoms with van der Waals surface area (Å²) >= 11 is 13.3. The molecule has 3 aliphatic rings. The number of fused-ring (bicyclic) bond motifs is 7. The predicted molar refractivity (Wildman–Crippen MR) is 127 cm³/mol. The molecule has 158 valence electrons. The Hall–Kier alpha value is -1.84. The summed E-state index contributed by atoms with van der Waals surface area (Å²) in [7, 11) is 0. The number of hydrogen-bond donors (Lipinski definition) is 3. The molecule has 5 unspecified atom stereocenters. The molecule has 3 nitrogen and oxygen atoms in total. The summed E-state index contributed by atoms with van der Waals surface area (Å²) in [6.07, 6.45) is 5.04. The van der Waals surface area contributed by atoms with E-state index in [4.69, 9.17) is 23.2 Å². The largest absolute Gasteiger partial charge is 0.378 e. The van der Waals surface area contributed by atoms with E-state index < -0.39 is 0 Å². The second kappa shape index (κ2) is 8.01. The van der Waals surface area contributed by atoms with Crippen LogP contribution in [-0.4, -0.2) is 6.54 Å². The minimum absolute atomic E-state index is 0.166. The quantitative estimate of drug-likeness (QED) is 0.444. The van der Waals surface area contributed by atoms with Crippen molar-refractivity contribution in [3.63, 3.8) is 0 Å². The molecule has 5 atom stereocenters. The van der Waals surface area contributed by atoms with Crippen molar-refractivity contribution in [1.82, 2.24) is 5.32 Å². The first-order chi connectivity index (χ1) is 14.6. The van der Waals surface area contributed by atoms with Crippen LogP contribution in [0.3, 0.4) is 0 Å². The first kappa shape index (κ1) is 20.1. The summed E-state index contributed by atoms with van der Waals surface area (Å²) in [5.74, 6) is 3.42. The van der Waals surface area contributed by atoms with Crippen molar-refractivity contribution in [2.75, 3.05) is 17.2 Å². The number of nitrogens with one attached hydrogen (secondary N) is 3. The molecule has 0 saturated heterocycles. The van der Waals surface area contributed by atoms with Crippen molar-refractivity contribution in [2.45, 2.75) is 44.6 Å². The standard InChI is InChI=1S/C25H29Cl2N3/c1-3-11-28-14(2)29-17-9-10-21-18(13-17)22-15-7-8-16(12-15)23(22)25(30-21)24-19(26)5-4-6-20(24)27/h4-6,9-10,13,15-16,22-23,25,28-30H,2-3,7-8,11-12H2,1H3. The van der Waals surface area contributed by atoms with E-state index in [0.717, 1.165) is 51.9 Å². The van der Waals surface area contributed by atoms with Gasteiger partial charge in [-0.05, 0) is 85.3 Å². The Bertz CT molecular complexity index is 953. The third kappa shape index (κ3) is 3.36. The SMILES string of the molecule is C=C(NCCC)Nc1ccc2c(c1)C1C3CCC(C3)C1C(c1c(Cl)cccc1Cl)N2. The Labute approximate surface area is 189 Å². The van der Waals surface area contributed by atoms with Crippen molar-refractivity contribution in [3.05, 3.63) is 70.0 Å². The van der Waals surface area contributed by atoms with Crippen LogP contribution < -0.4 is 16.0 Å². The van der Waals surface area contributed by atoms with E-state index in [-0.39, 0.29) is 6.04 Å². The van der Waals surface area contributed by atoms with Crippen LogP contribution in [0.2, 0.25) is 10.0 Å². The molecule has 5 rings (SSSR count). The van der Waals surface area contributed by atoms with Gasteiger partial charge in [0.1, 0.15) is 0 Å². The van der Waals surface area contributed by atoms with Gasteiger partial charge in [0.2, 0.25) is 0 Å². The van der Waals surface area contributed by atoms with Gasteiger partial charge in [0.05, 0.1) is 11.9 Å². The van der Waals surface area contributed by atoms with E-state index in [9.17, 15) is 0 Å². The Kier molecular flexibility index (Phi) is 5.37. The summed E-state index contributed by atoms with van der Waals surface area (Å²) < 4.78 is 0. The van der Waals surface area contributed by atoms with Gasteiger partial charge in [-0.3, -0.25) is 0 Å². The molecule has 2 aromatic carbocycles. The minimum Gasteiger partial charge on any atom is -0.378 e. The maximum Gasteiger partial charge on any atom is 0.0957 e. The van der Waals surface area contributed by atoms with Gasteiger partial charge in [-0.15, -0.1) is 0 Å². The van der Waals surface area contributed by atoms with Gasteiger partial charge in [0.15, 0.2) is 0 Å². The normalized spacial score (nSPS) is 28.4. The van der Waals surface area contributed by atoms with E-state index in [1.807, 2.05) is 18.2 Å². The Morgan fingerprint density at radius 2 is 1.90 bits per heavy atom. The lowest BCUT2D eigenvalue weighted by Gasteiger charge is -2.44. The average molecular weight is 442 g/mol. The highest BCUT2D eigenvalue weighted by molar-refractivity contribution is 6.36. The van der Waals surface area contributed by atoms with Crippen LogP contribution in [0.4, 0.5) is 11.4 Å². The lowest BCUT2D eigenvalue weighted by atomic mass is 9.68. The smallest absolute Gasteiger partial charge is 0.0957 e. The highest BCUT2D eigenvalue weighted by atomic mass is 35.5. The Balaban J connectivity index is 1.51. The maximum atomic E-state index is 6.66.